The summed E-state index contributed by atoms with van der Waals surface area (Å²) < 4.78 is 0. The molecule has 0 saturated carbocycles. The fourth-order valence-electron chi connectivity index (χ4n) is 9.28. The first-order chi connectivity index (χ1) is 33.8. The molecule has 7 aromatic carbocycles. The average molecular weight is 889 g/mol. The van der Waals surface area contributed by atoms with Gasteiger partial charge in [0.05, 0.1) is 28.7 Å². The minimum atomic E-state index is 0.654. The van der Waals surface area contributed by atoms with Crippen molar-refractivity contribution >= 4 is 0 Å². The summed E-state index contributed by atoms with van der Waals surface area (Å²) >= 11 is 0. The van der Waals surface area contributed by atoms with Crippen LogP contribution in [0, 0.1) is 32.1 Å². The van der Waals surface area contributed by atoms with Gasteiger partial charge < -0.3 is 0 Å². The summed E-state index contributed by atoms with van der Waals surface area (Å²) in [4.78, 5) is 14.0. The summed E-state index contributed by atoms with van der Waals surface area (Å²) in [6, 6.07) is 72.1. The minimum Gasteiger partial charge on any atom is -0.256 e. The second kappa shape index (κ2) is 20.1. The van der Waals surface area contributed by atoms with Gasteiger partial charge >= 0.3 is 0 Å². The number of hydrogen-bond acceptors (Lipinski definition) is 4. The molecule has 0 bridgehead atoms. The van der Waals surface area contributed by atoms with Crippen molar-refractivity contribution in [3.63, 3.8) is 0 Å². The van der Waals surface area contributed by atoms with E-state index in [-0.39, 0.29) is 0 Å². The summed E-state index contributed by atoms with van der Waals surface area (Å²) in [6.07, 6.45) is 9.34. The van der Waals surface area contributed by atoms with E-state index in [4.69, 9.17) is 4.98 Å². The molecule has 0 fully saturated rings. The summed E-state index contributed by atoms with van der Waals surface area (Å²) in [5, 5.41) is 9.39. The Morgan fingerprint density at radius 2 is 0.725 bits per heavy atom. The Labute approximate surface area is 406 Å². The second-order valence-electron chi connectivity index (χ2n) is 18.2. The fourth-order valence-corrected chi connectivity index (χ4v) is 9.28. The molecule has 0 aliphatic heterocycles. The zero-order valence-corrected chi connectivity index (χ0v) is 39.3. The van der Waals surface area contributed by atoms with Crippen LogP contribution in [-0.2, 0) is 25.7 Å². The molecule has 332 valence electrons. The molecule has 0 N–H and O–H groups in total. The molecule has 0 saturated heterocycles. The molecule has 3 aromatic heterocycles. The van der Waals surface area contributed by atoms with E-state index in [0.717, 1.165) is 87.3 Å². The van der Waals surface area contributed by atoms with Crippen LogP contribution < -0.4 is 0 Å². The van der Waals surface area contributed by atoms with E-state index >= 15 is 0 Å². The first kappa shape index (κ1) is 44.3. The van der Waals surface area contributed by atoms with Crippen molar-refractivity contribution in [2.45, 2.75) is 46.5 Å². The highest BCUT2D eigenvalue weighted by molar-refractivity contribution is 5.94. The summed E-state index contributed by atoms with van der Waals surface area (Å²) in [5.74, 6) is 0. The quantitative estimate of drug-likeness (QED) is 0.116. The Kier molecular flexibility index (Phi) is 12.9. The highest BCUT2D eigenvalue weighted by Gasteiger charge is 2.17. The molecule has 4 heteroatoms. The van der Waals surface area contributed by atoms with Gasteiger partial charge in [-0.1, -0.05) is 140 Å². The van der Waals surface area contributed by atoms with Crippen molar-refractivity contribution < 1.29 is 0 Å². The predicted molar refractivity (Wildman–Crippen MR) is 285 cm³/mol. The van der Waals surface area contributed by atoms with Crippen LogP contribution in [-0.4, -0.2) is 15.0 Å². The van der Waals surface area contributed by atoms with E-state index in [2.05, 4.69) is 188 Å². The molecule has 10 rings (SSSR count). The van der Waals surface area contributed by atoms with Gasteiger partial charge in [-0.05, 0) is 185 Å². The van der Waals surface area contributed by atoms with Crippen LogP contribution in [0.15, 0.2) is 213 Å². The Morgan fingerprint density at radius 3 is 1.22 bits per heavy atom. The highest BCUT2D eigenvalue weighted by atomic mass is 14.7. The van der Waals surface area contributed by atoms with Gasteiger partial charge in [0.15, 0.2) is 0 Å². The zero-order chi connectivity index (χ0) is 47.1. The molecule has 0 aliphatic rings. The number of hydrogen-bond donors (Lipinski definition) is 0. The minimum absolute atomic E-state index is 0.654. The van der Waals surface area contributed by atoms with Crippen molar-refractivity contribution in [1.29, 1.82) is 5.26 Å². The molecule has 10 aromatic rings. The SMILES string of the molecule is Cc1ccnc(-c2ccc(CCc3cc(CCc4ccc(-c5cc(C)ccn5)cc4)cc(-c4ccccc4-c4ccc(-c5cc(C)ccn5)cc4-c4ccc(-c5ccc(C#N)cc5)cc4)c3)cc2)c1. The predicted octanol–water partition coefficient (Wildman–Crippen LogP) is 15.9. The van der Waals surface area contributed by atoms with Crippen LogP contribution in [0.2, 0.25) is 0 Å². The number of nitriles is 1. The van der Waals surface area contributed by atoms with Crippen molar-refractivity contribution in [2.75, 3.05) is 0 Å². The maximum atomic E-state index is 9.39. The van der Waals surface area contributed by atoms with Crippen LogP contribution in [0.5, 0.6) is 0 Å². The molecule has 0 radical (unpaired) electrons. The lowest BCUT2D eigenvalue weighted by Crippen LogP contribution is -1.98. The van der Waals surface area contributed by atoms with E-state index in [1.165, 1.54) is 55.6 Å². The molecule has 0 amide bonds. The van der Waals surface area contributed by atoms with E-state index in [0.29, 0.717) is 5.56 Å². The molecule has 0 aliphatic carbocycles. The van der Waals surface area contributed by atoms with Crippen molar-refractivity contribution in [1.82, 2.24) is 15.0 Å². The van der Waals surface area contributed by atoms with Crippen LogP contribution in [0.1, 0.15) is 44.5 Å². The number of aryl methyl sites for hydroxylation is 7. The molecule has 3 heterocycles. The molecule has 0 spiro atoms. The Balaban J connectivity index is 1.01. The first-order valence-corrected chi connectivity index (χ1v) is 23.8. The van der Waals surface area contributed by atoms with Gasteiger partial charge in [0.1, 0.15) is 0 Å². The van der Waals surface area contributed by atoms with Crippen LogP contribution >= 0.6 is 0 Å². The number of benzene rings is 7. The monoisotopic (exact) mass is 888 g/mol. The van der Waals surface area contributed by atoms with Gasteiger partial charge in [-0.15, -0.1) is 0 Å². The lowest BCUT2D eigenvalue weighted by atomic mass is 9.86. The van der Waals surface area contributed by atoms with Gasteiger partial charge in [-0.2, -0.15) is 5.26 Å². The number of rotatable bonds is 13. The van der Waals surface area contributed by atoms with Crippen LogP contribution in [0.4, 0.5) is 0 Å². The smallest absolute Gasteiger partial charge is 0.0991 e. The van der Waals surface area contributed by atoms with Crippen molar-refractivity contribution in [3.05, 3.63) is 257 Å². The normalized spacial score (nSPS) is 11.0. The van der Waals surface area contributed by atoms with Crippen LogP contribution in [0.3, 0.4) is 0 Å². The molecular weight excluding hydrogens is 837 g/mol. The van der Waals surface area contributed by atoms with E-state index in [1.807, 2.05) is 61.1 Å². The fraction of sp³-hybridized carbons (Fsp3) is 0.108. The van der Waals surface area contributed by atoms with E-state index < -0.39 is 0 Å². The molecule has 69 heavy (non-hydrogen) atoms. The Morgan fingerprint density at radius 1 is 0.319 bits per heavy atom. The third-order valence-electron chi connectivity index (χ3n) is 13.1. The molecular formula is C65H52N4. The highest BCUT2D eigenvalue weighted by Crippen LogP contribution is 2.41. The number of nitrogens with zero attached hydrogens (tertiary/aromatic N) is 4. The summed E-state index contributed by atoms with van der Waals surface area (Å²) in [6.45, 7) is 6.33. The lowest BCUT2D eigenvalue weighted by Gasteiger charge is -2.18. The summed E-state index contributed by atoms with van der Waals surface area (Å²) in [7, 11) is 0. The number of aromatic nitrogens is 3. The summed E-state index contributed by atoms with van der Waals surface area (Å²) in [5.41, 5.74) is 25.0. The van der Waals surface area contributed by atoms with Gasteiger partial charge in [0.25, 0.3) is 0 Å². The Hall–Kier alpha value is -8.52. The second-order valence-corrected chi connectivity index (χ2v) is 18.2. The van der Waals surface area contributed by atoms with Gasteiger partial charge in [0.2, 0.25) is 0 Å². The van der Waals surface area contributed by atoms with Gasteiger partial charge in [-0.3, -0.25) is 15.0 Å². The van der Waals surface area contributed by atoms with Crippen molar-refractivity contribution in [2.24, 2.45) is 0 Å². The van der Waals surface area contributed by atoms with E-state index in [1.54, 1.807) is 0 Å². The van der Waals surface area contributed by atoms with E-state index in [9.17, 15) is 5.26 Å². The molecule has 0 unspecified atom stereocenters. The van der Waals surface area contributed by atoms with Crippen LogP contribution in [0.25, 0.3) is 78.3 Å². The maximum Gasteiger partial charge on any atom is 0.0991 e. The number of pyridine rings is 3. The third kappa shape index (κ3) is 10.4. The van der Waals surface area contributed by atoms with Gasteiger partial charge in [0, 0.05) is 35.3 Å². The van der Waals surface area contributed by atoms with Crippen molar-refractivity contribution in [3.8, 4) is 84.3 Å². The zero-order valence-electron chi connectivity index (χ0n) is 39.3. The maximum absolute atomic E-state index is 9.39. The third-order valence-corrected chi connectivity index (χ3v) is 13.1. The first-order valence-electron chi connectivity index (χ1n) is 23.8. The molecule has 4 nitrogen and oxygen atoms in total. The Bertz CT molecular complexity index is 3340. The standard InChI is InChI=1S/C65H52N4/c1-44-30-33-67-63(36-44)55-20-12-47(13-21-55)8-10-50-39-51(11-9-48-14-22-56(23-15-48)64-37-45(2)31-34-68-64)41-58(40-50)59-6-4-5-7-60(59)61-29-28-57(65-38-46(3)32-35-69-65)42-62(61)54-26-24-53(25-27-54)52-18-16-49(43-66)17-19-52/h4-7,12-42H,8-11H2,1-3H3. The van der Waals surface area contributed by atoms with Gasteiger partial charge in [-0.25, -0.2) is 0 Å². The lowest BCUT2D eigenvalue weighted by molar-refractivity contribution is 0.931. The largest absolute Gasteiger partial charge is 0.256 e. The topological polar surface area (TPSA) is 62.5 Å². The average Bonchev–Trinajstić information content (AvgIpc) is 3.40. The molecule has 0 atom stereocenters.